The molecule has 2 aromatic rings. The second-order valence-corrected chi connectivity index (χ2v) is 7.03. The summed E-state index contributed by atoms with van der Waals surface area (Å²) >= 11 is 0. The smallest absolute Gasteiger partial charge is 0.355 e. The van der Waals surface area contributed by atoms with Gasteiger partial charge < -0.3 is 10.2 Å². The van der Waals surface area contributed by atoms with Crippen molar-refractivity contribution in [2.24, 2.45) is 5.41 Å². The molecule has 0 bridgehead atoms. The van der Waals surface area contributed by atoms with Crippen molar-refractivity contribution >= 4 is 16.7 Å². The maximum Gasteiger partial charge on any atom is 0.393 e. The van der Waals surface area contributed by atoms with Crippen LogP contribution in [-0.4, -0.2) is 42.3 Å². The van der Waals surface area contributed by atoms with Gasteiger partial charge in [0.1, 0.15) is 18.0 Å². The molecule has 1 aromatic carbocycles. The molecular weight excluding hydrogens is 336 g/mol. The van der Waals surface area contributed by atoms with E-state index in [0.717, 1.165) is 45.1 Å². The fourth-order valence-electron chi connectivity index (χ4n) is 3.92. The molecule has 2 saturated heterocycles. The van der Waals surface area contributed by atoms with E-state index in [1.54, 1.807) is 0 Å². The topological polar surface area (TPSA) is 41.1 Å². The zero-order valence-corrected chi connectivity index (χ0v) is 13.5. The average molecular weight is 354 g/mol. The molecule has 1 aromatic heterocycles. The number of hydrogen-bond acceptors (Lipinski definition) is 4. The van der Waals surface area contributed by atoms with E-state index in [1.807, 2.05) is 4.90 Å². The van der Waals surface area contributed by atoms with Gasteiger partial charge in [0.15, 0.2) is 0 Å². The molecule has 2 aliphatic rings. The van der Waals surface area contributed by atoms with Crippen LogP contribution < -0.4 is 10.2 Å². The highest BCUT2D eigenvalue weighted by atomic mass is 19.4. The van der Waals surface area contributed by atoms with Crippen LogP contribution in [0.3, 0.4) is 0 Å². The van der Waals surface area contributed by atoms with E-state index in [2.05, 4.69) is 15.3 Å². The molecule has 3 heterocycles. The Balaban J connectivity index is 1.68. The van der Waals surface area contributed by atoms with Gasteiger partial charge in [-0.05, 0) is 37.6 Å². The van der Waals surface area contributed by atoms with Gasteiger partial charge in [0.25, 0.3) is 0 Å². The van der Waals surface area contributed by atoms with E-state index < -0.39 is 18.4 Å². The molecule has 4 rings (SSSR count). The molecule has 1 N–H and O–H groups in total. The Hall–Kier alpha value is -1.96. The minimum Gasteiger partial charge on any atom is -0.355 e. The third kappa shape index (κ3) is 3.03. The van der Waals surface area contributed by atoms with Gasteiger partial charge in [-0.3, -0.25) is 0 Å². The lowest BCUT2D eigenvalue weighted by molar-refractivity contribution is -0.127. The molecule has 1 spiro atoms. The first-order valence-corrected chi connectivity index (χ1v) is 8.31. The molecule has 0 saturated carbocycles. The van der Waals surface area contributed by atoms with Gasteiger partial charge >= 0.3 is 6.18 Å². The summed E-state index contributed by atoms with van der Waals surface area (Å²) in [5, 5.41) is 3.41. The van der Waals surface area contributed by atoms with Crippen molar-refractivity contribution in [1.82, 2.24) is 15.3 Å². The molecule has 0 amide bonds. The molecule has 0 radical (unpaired) electrons. The molecule has 0 atom stereocenters. The summed E-state index contributed by atoms with van der Waals surface area (Å²) in [5.41, 5.74) is 0.176. The number of nitrogens with zero attached hydrogens (tertiary/aromatic N) is 3. The molecule has 2 fully saturated rings. The molecule has 8 heteroatoms. The minimum atomic E-state index is -4.46. The summed E-state index contributed by atoms with van der Waals surface area (Å²) in [4.78, 5) is 10.2. The number of hydrogen-bond donors (Lipinski definition) is 1. The fraction of sp³-hybridized carbons (Fsp3) is 0.529. The van der Waals surface area contributed by atoms with Crippen LogP contribution in [0.4, 0.5) is 23.4 Å². The summed E-state index contributed by atoms with van der Waals surface area (Å²) in [7, 11) is 0. The van der Waals surface area contributed by atoms with Crippen molar-refractivity contribution < 1.29 is 17.6 Å². The van der Waals surface area contributed by atoms with E-state index in [1.165, 1.54) is 12.4 Å². The molecule has 0 aliphatic carbocycles. The number of anilines is 1. The number of rotatable bonds is 2. The van der Waals surface area contributed by atoms with Crippen molar-refractivity contribution in [3.05, 3.63) is 29.8 Å². The van der Waals surface area contributed by atoms with Crippen LogP contribution in [0.1, 0.15) is 18.4 Å². The van der Waals surface area contributed by atoms with E-state index in [0.29, 0.717) is 11.3 Å². The number of piperidine rings is 1. The van der Waals surface area contributed by atoms with Crippen LogP contribution in [0.25, 0.3) is 10.9 Å². The van der Waals surface area contributed by atoms with Crippen molar-refractivity contribution in [3.63, 3.8) is 0 Å². The lowest BCUT2D eigenvalue weighted by Gasteiger charge is -2.53. The molecule has 25 heavy (non-hydrogen) atoms. The highest BCUT2D eigenvalue weighted by Crippen LogP contribution is 2.42. The Morgan fingerprint density at radius 3 is 2.52 bits per heavy atom. The van der Waals surface area contributed by atoms with Crippen molar-refractivity contribution in [2.45, 2.75) is 25.4 Å². The number of alkyl halides is 3. The third-order valence-corrected chi connectivity index (χ3v) is 5.21. The second-order valence-electron chi connectivity index (χ2n) is 7.03. The van der Waals surface area contributed by atoms with E-state index in [-0.39, 0.29) is 16.4 Å². The third-order valence-electron chi connectivity index (χ3n) is 5.21. The standard InChI is InChI=1S/C17H18F4N4/c18-14-11(7-17(19,20)21)1-2-12-13(14)15(24-10-23-12)25-8-16(9-25)3-5-22-6-4-16/h1-2,10,22H,3-9H2. The number of nitrogens with one attached hydrogen (secondary N) is 1. The van der Waals surface area contributed by atoms with Crippen LogP contribution in [-0.2, 0) is 6.42 Å². The van der Waals surface area contributed by atoms with Gasteiger partial charge in [-0.2, -0.15) is 13.2 Å². The Bertz CT molecular complexity index is 791. The predicted molar refractivity (Wildman–Crippen MR) is 86.0 cm³/mol. The minimum absolute atomic E-state index is 0.0908. The van der Waals surface area contributed by atoms with E-state index >= 15 is 0 Å². The maximum absolute atomic E-state index is 14.8. The fourth-order valence-corrected chi connectivity index (χ4v) is 3.92. The molecule has 2 aliphatic heterocycles. The number of aromatic nitrogens is 2. The van der Waals surface area contributed by atoms with Gasteiger partial charge in [-0.15, -0.1) is 0 Å². The van der Waals surface area contributed by atoms with Crippen LogP contribution in [0.15, 0.2) is 18.5 Å². The monoisotopic (exact) mass is 354 g/mol. The van der Waals surface area contributed by atoms with Crippen molar-refractivity contribution in [3.8, 4) is 0 Å². The van der Waals surface area contributed by atoms with Crippen LogP contribution in [0.5, 0.6) is 0 Å². The summed E-state index contributed by atoms with van der Waals surface area (Å²) < 4.78 is 52.8. The van der Waals surface area contributed by atoms with E-state index in [4.69, 9.17) is 0 Å². The molecule has 0 unspecified atom stereocenters. The Labute approximate surface area is 142 Å². The van der Waals surface area contributed by atoms with Crippen LogP contribution in [0.2, 0.25) is 0 Å². The highest BCUT2D eigenvalue weighted by Gasteiger charge is 2.44. The quantitative estimate of drug-likeness (QED) is 0.842. The van der Waals surface area contributed by atoms with Gasteiger partial charge in [-0.25, -0.2) is 14.4 Å². The summed E-state index contributed by atoms with van der Waals surface area (Å²) in [6, 6.07) is 2.59. The highest BCUT2D eigenvalue weighted by molar-refractivity contribution is 5.91. The predicted octanol–water partition coefficient (Wildman–Crippen LogP) is 3.06. The zero-order valence-electron chi connectivity index (χ0n) is 13.5. The summed E-state index contributed by atoms with van der Waals surface area (Å²) in [6.45, 7) is 3.43. The molecule has 4 nitrogen and oxygen atoms in total. The Kier molecular flexibility index (Phi) is 3.82. The lowest BCUT2D eigenvalue weighted by Crippen LogP contribution is -2.60. The molecule has 134 valence electrons. The SMILES string of the molecule is Fc1c(CC(F)(F)F)ccc2ncnc(N3CC4(CCNCC4)C3)c12. The zero-order chi connectivity index (χ0) is 17.7. The number of benzene rings is 1. The Morgan fingerprint density at radius 2 is 1.84 bits per heavy atom. The Morgan fingerprint density at radius 1 is 1.12 bits per heavy atom. The van der Waals surface area contributed by atoms with Gasteiger partial charge in [0, 0.05) is 18.5 Å². The van der Waals surface area contributed by atoms with Crippen LogP contribution >= 0.6 is 0 Å². The maximum atomic E-state index is 14.8. The van der Waals surface area contributed by atoms with Crippen LogP contribution in [0, 0.1) is 11.2 Å². The largest absolute Gasteiger partial charge is 0.393 e. The summed E-state index contributed by atoms with van der Waals surface area (Å²) in [6.07, 6.45) is -2.31. The second kappa shape index (κ2) is 5.79. The lowest BCUT2D eigenvalue weighted by atomic mass is 9.72. The average Bonchev–Trinajstić information content (AvgIpc) is 2.54. The first-order chi connectivity index (χ1) is 11.9. The number of fused-ring (bicyclic) bond motifs is 1. The summed E-state index contributed by atoms with van der Waals surface area (Å²) in [5.74, 6) is -0.465. The van der Waals surface area contributed by atoms with E-state index in [9.17, 15) is 17.6 Å². The van der Waals surface area contributed by atoms with Gasteiger partial charge in [0.05, 0.1) is 17.3 Å². The van der Waals surface area contributed by atoms with Gasteiger partial charge in [0.2, 0.25) is 0 Å². The normalized spacial score (nSPS) is 20.1. The number of halogens is 4. The first-order valence-electron chi connectivity index (χ1n) is 8.31. The van der Waals surface area contributed by atoms with Crippen molar-refractivity contribution in [1.29, 1.82) is 0 Å². The molecular formula is C17H18F4N4. The van der Waals surface area contributed by atoms with Gasteiger partial charge in [-0.1, -0.05) is 6.07 Å². The van der Waals surface area contributed by atoms with Crippen molar-refractivity contribution in [2.75, 3.05) is 31.1 Å². The first kappa shape index (κ1) is 16.5.